The fourth-order valence-electron chi connectivity index (χ4n) is 1.34. The van der Waals surface area contributed by atoms with Crippen molar-refractivity contribution in [2.75, 3.05) is 5.73 Å². The SMILES string of the molecule is CCC(C)(C)NC(=O)Cn1cc(N)c(C(=O)O)n1. The number of carboxylic acids is 1. The van der Waals surface area contributed by atoms with E-state index < -0.39 is 5.97 Å². The largest absolute Gasteiger partial charge is 0.476 e. The zero-order chi connectivity index (χ0) is 13.9. The molecule has 0 unspecified atom stereocenters. The third-order valence-corrected chi connectivity index (χ3v) is 2.66. The molecule has 4 N–H and O–H groups in total. The van der Waals surface area contributed by atoms with Crippen molar-refractivity contribution in [2.24, 2.45) is 0 Å². The number of aromatic nitrogens is 2. The van der Waals surface area contributed by atoms with Crippen LogP contribution in [-0.4, -0.2) is 32.3 Å². The molecule has 1 amide bonds. The number of carbonyl (C=O) groups is 2. The fraction of sp³-hybridized carbons (Fsp3) is 0.545. The molecule has 1 aromatic heterocycles. The van der Waals surface area contributed by atoms with Crippen LogP contribution < -0.4 is 11.1 Å². The van der Waals surface area contributed by atoms with Crippen molar-refractivity contribution >= 4 is 17.6 Å². The minimum Gasteiger partial charge on any atom is -0.476 e. The molecule has 0 fully saturated rings. The molecule has 0 aromatic carbocycles. The van der Waals surface area contributed by atoms with Crippen LogP contribution in [-0.2, 0) is 11.3 Å². The van der Waals surface area contributed by atoms with E-state index in [2.05, 4.69) is 10.4 Å². The van der Waals surface area contributed by atoms with E-state index in [1.54, 1.807) is 0 Å². The normalized spacial score (nSPS) is 11.3. The summed E-state index contributed by atoms with van der Waals surface area (Å²) in [5.74, 6) is -1.44. The van der Waals surface area contributed by atoms with E-state index in [-0.39, 0.29) is 29.4 Å². The maximum absolute atomic E-state index is 11.7. The molecule has 100 valence electrons. The molecule has 0 saturated heterocycles. The smallest absolute Gasteiger partial charge is 0.358 e. The molecule has 1 heterocycles. The second kappa shape index (κ2) is 5.07. The quantitative estimate of drug-likeness (QED) is 0.707. The number of hydrogen-bond donors (Lipinski definition) is 3. The number of hydrogen-bond acceptors (Lipinski definition) is 4. The zero-order valence-electron chi connectivity index (χ0n) is 10.7. The van der Waals surface area contributed by atoms with Gasteiger partial charge in [-0.1, -0.05) is 6.92 Å². The van der Waals surface area contributed by atoms with Gasteiger partial charge in [0.25, 0.3) is 0 Å². The van der Waals surface area contributed by atoms with Crippen molar-refractivity contribution < 1.29 is 14.7 Å². The van der Waals surface area contributed by atoms with Crippen LogP contribution in [0, 0.1) is 0 Å². The van der Waals surface area contributed by atoms with E-state index in [0.29, 0.717) is 0 Å². The lowest BCUT2D eigenvalue weighted by Crippen LogP contribution is -2.44. The van der Waals surface area contributed by atoms with E-state index in [9.17, 15) is 9.59 Å². The number of carboxylic acid groups (broad SMARTS) is 1. The predicted octanol–water partition coefficient (Wildman–Crippen LogP) is 0.468. The summed E-state index contributed by atoms with van der Waals surface area (Å²) in [6.07, 6.45) is 2.13. The Kier molecular flexibility index (Phi) is 3.95. The Morgan fingerprint density at radius 3 is 2.61 bits per heavy atom. The molecule has 0 spiro atoms. The number of rotatable bonds is 5. The average Bonchev–Trinajstić information content (AvgIpc) is 2.58. The third-order valence-electron chi connectivity index (χ3n) is 2.66. The molecule has 1 aromatic rings. The number of aromatic carboxylic acids is 1. The number of carbonyl (C=O) groups excluding carboxylic acids is 1. The summed E-state index contributed by atoms with van der Waals surface area (Å²) < 4.78 is 1.22. The molecular formula is C11H18N4O3. The van der Waals surface area contributed by atoms with E-state index >= 15 is 0 Å². The van der Waals surface area contributed by atoms with Crippen molar-refractivity contribution in [3.8, 4) is 0 Å². The van der Waals surface area contributed by atoms with Gasteiger partial charge in [-0.15, -0.1) is 0 Å². The van der Waals surface area contributed by atoms with Crippen LogP contribution in [0.25, 0.3) is 0 Å². The van der Waals surface area contributed by atoms with Gasteiger partial charge in [-0.3, -0.25) is 9.48 Å². The second-order valence-corrected chi connectivity index (χ2v) is 4.72. The van der Waals surface area contributed by atoms with Crippen LogP contribution in [0.1, 0.15) is 37.7 Å². The highest BCUT2D eigenvalue weighted by molar-refractivity contribution is 5.91. The first-order valence-corrected chi connectivity index (χ1v) is 5.62. The number of nitrogen functional groups attached to an aromatic ring is 1. The van der Waals surface area contributed by atoms with Gasteiger partial charge in [-0.2, -0.15) is 5.10 Å². The second-order valence-electron chi connectivity index (χ2n) is 4.72. The summed E-state index contributed by atoms with van der Waals surface area (Å²) >= 11 is 0. The number of nitrogens with one attached hydrogen (secondary N) is 1. The van der Waals surface area contributed by atoms with E-state index in [1.165, 1.54) is 10.9 Å². The molecule has 0 saturated carbocycles. The van der Waals surface area contributed by atoms with Gasteiger partial charge in [0.2, 0.25) is 5.91 Å². The summed E-state index contributed by atoms with van der Waals surface area (Å²) in [5.41, 5.74) is 4.98. The minimum absolute atomic E-state index is 0.0463. The summed E-state index contributed by atoms with van der Waals surface area (Å²) in [6.45, 7) is 5.73. The summed E-state index contributed by atoms with van der Waals surface area (Å²) in [4.78, 5) is 22.5. The monoisotopic (exact) mass is 254 g/mol. The summed E-state index contributed by atoms with van der Waals surface area (Å²) in [6, 6.07) is 0. The molecule has 0 bridgehead atoms. The van der Waals surface area contributed by atoms with E-state index in [4.69, 9.17) is 10.8 Å². The van der Waals surface area contributed by atoms with Crippen LogP contribution in [0.5, 0.6) is 0 Å². The molecule has 0 radical (unpaired) electrons. The maximum Gasteiger partial charge on any atom is 0.358 e. The van der Waals surface area contributed by atoms with Crippen molar-refractivity contribution in [3.05, 3.63) is 11.9 Å². The predicted molar refractivity (Wildman–Crippen MR) is 66.1 cm³/mol. The molecule has 1 rings (SSSR count). The van der Waals surface area contributed by atoms with Gasteiger partial charge in [0.05, 0.1) is 5.69 Å². The Balaban J connectivity index is 2.71. The van der Waals surface area contributed by atoms with Crippen molar-refractivity contribution in [1.82, 2.24) is 15.1 Å². The molecule has 7 heteroatoms. The lowest BCUT2D eigenvalue weighted by molar-refractivity contribution is -0.123. The van der Waals surface area contributed by atoms with Gasteiger partial charge in [-0.05, 0) is 20.3 Å². The van der Waals surface area contributed by atoms with Crippen molar-refractivity contribution in [3.63, 3.8) is 0 Å². The minimum atomic E-state index is -1.21. The number of amides is 1. The Labute approximate surface area is 105 Å². The standard InChI is InChI=1S/C11H18N4O3/c1-4-11(2,3)13-8(16)6-15-5-7(12)9(14-15)10(17)18/h5H,4,6,12H2,1-3H3,(H,13,16)(H,17,18). The Hall–Kier alpha value is -2.05. The van der Waals surface area contributed by atoms with Crippen LogP contribution >= 0.6 is 0 Å². The first-order chi connectivity index (χ1) is 8.25. The lowest BCUT2D eigenvalue weighted by Gasteiger charge is -2.24. The van der Waals surface area contributed by atoms with Crippen molar-refractivity contribution in [2.45, 2.75) is 39.3 Å². The maximum atomic E-state index is 11.7. The van der Waals surface area contributed by atoms with Gasteiger partial charge in [-0.25, -0.2) is 4.79 Å². The number of nitrogens with two attached hydrogens (primary N) is 1. The molecule has 18 heavy (non-hydrogen) atoms. The lowest BCUT2D eigenvalue weighted by atomic mass is 10.0. The molecule has 0 aliphatic heterocycles. The molecular weight excluding hydrogens is 236 g/mol. The van der Waals surface area contributed by atoms with E-state index in [1.807, 2.05) is 20.8 Å². The highest BCUT2D eigenvalue weighted by Crippen LogP contribution is 2.10. The van der Waals surface area contributed by atoms with Crippen LogP contribution in [0.15, 0.2) is 6.20 Å². The molecule has 0 atom stereocenters. The zero-order valence-corrected chi connectivity index (χ0v) is 10.7. The van der Waals surface area contributed by atoms with Crippen LogP contribution in [0.2, 0.25) is 0 Å². The van der Waals surface area contributed by atoms with Gasteiger partial charge in [0.1, 0.15) is 6.54 Å². The average molecular weight is 254 g/mol. The number of nitrogens with zero attached hydrogens (tertiary/aromatic N) is 2. The summed E-state index contributed by atoms with van der Waals surface area (Å²) in [7, 11) is 0. The molecule has 0 aliphatic carbocycles. The Bertz CT molecular complexity index is 465. The van der Waals surface area contributed by atoms with E-state index in [0.717, 1.165) is 6.42 Å². The van der Waals surface area contributed by atoms with Gasteiger partial charge >= 0.3 is 5.97 Å². The van der Waals surface area contributed by atoms with Crippen LogP contribution in [0.4, 0.5) is 5.69 Å². The van der Waals surface area contributed by atoms with Crippen LogP contribution in [0.3, 0.4) is 0 Å². The Morgan fingerprint density at radius 1 is 1.56 bits per heavy atom. The van der Waals surface area contributed by atoms with Crippen molar-refractivity contribution in [1.29, 1.82) is 0 Å². The van der Waals surface area contributed by atoms with Gasteiger partial charge in [0.15, 0.2) is 5.69 Å². The first kappa shape index (κ1) is 14.0. The van der Waals surface area contributed by atoms with Gasteiger partial charge in [0, 0.05) is 11.7 Å². The topological polar surface area (TPSA) is 110 Å². The highest BCUT2D eigenvalue weighted by atomic mass is 16.4. The fourth-order valence-corrected chi connectivity index (χ4v) is 1.34. The molecule has 7 nitrogen and oxygen atoms in total. The molecule has 0 aliphatic rings. The van der Waals surface area contributed by atoms with Gasteiger partial charge < -0.3 is 16.2 Å². The summed E-state index contributed by atoms with van der Waals surface area (Å²) in [5, 5.41) is 15.3. The first-order valence-electron chi connectivity index (χ1n) is 5.62. The number of anilines is 1. The Morgan fingerprint density at radius 2 is 2.17 bits per heavy atom. The highest BCUT2D eigenvalue weighted by Gasteiger charge is 2.19. The third kappa shape index (κ3) is 3.47.